The number of aliphatic hydroxyl groups is 2. The molecule has 0 fully saturated rings. The molecule has 722 valence electrons. The number of hydrogen-bond acceptors (Lipinski definition) is 31. The number of carboxylic acid groups (broad SMARTS) is 1. The Bertz CT molecular complexity index is 4060. The predicted molar refractivity (Wildman–Crippen MR) is 442 cm³/mol. The SMILES string of the molecule is CC(=O)N[C@H]1[C@H]([C@H](OCCCCCNC(=O)CCC(N)C(=O)N[C@@H](CCC(N)=O)C(=O)N[C@@H](CCC(N)=O)C(=O)N[C@@H](CCC(N)=O)C(=O)CN[C@@H](CCC(N)=O)C(=O)N[C@@H](CCC(N)=O)C(=O)N[C@@H](CCC(N)=O)C(=O)N[C@@H](CCC(N)=O)C(=O)N[C@@H](CCC(N)=O)C(=O)N[C@@H](CCC(N)=O)C(=O)N[C@@H](CCC(N)=O)C(N)=O)[C@H](O)CO)OC(C(=O)O)=C[C@@H]1NC(=N)N. The Labute approximate surface area is 736 Å². The molecule has 22 amide bonds. The second-order valence-electron chi connectivity index (χ2n) is 29.8. The highest BCUT2D eigenvalue weighted by molar-refractivity contribution is 6.00. The Kier molecular flexibility index (Phi) is 51.8. The van der Waals surface area contributed by atoms with Gasteiger partial charge >= 0.3 is 5.97 Å². The van der Waals surface area contributed by atoms with E-state index in [4.69, 9.17) is 89.4 Å². The summed E-state index contributed by atoms with van der Waals surface area (Å²) in [4.78, 5) is 311. The zero-order chi connectivity index (χ0) is 98.1. The number of Topliss-reactive ketones (excluding diaryl/α,β-unsaturated/α-hetero) is 1. The molecular weight excluding hydrogens is 1720 g/mol. The van der Waals surface area contributed by atoms with Crippen LogP contribution in [0.4, 0.5) is 0 Å². The topological polar surface area (TPSA) is 1010 Å². The molecule has 0 aromatic heterocycles. The predicted octanol–water partition coefficient (Wildman–Crippen LogP) is -16.1. The minimum Gasteiger partial charge on any atom is -0.478 e. The minimum atomic E-state index is -1.99. The molecule has 0 saturated heterocycles. The molecule has 1 unspecified atom stereocenters. The van der Waals surface area contributed by atoms with E-state index in [1.807, 2.05) is 0 Å². The van der Waals surface area contributed by atoms with Crippen LogP contribution in [0.2, 0.25) is 0 Å². The molecule has 0 aliphatic carbocycles. The largest absolute Gasteiger partial charge is 0.478 e. The van der Waals surface area contributed by atoms with Crippen molar-refractivity contribution in [1.29, 1.82) is 5.41 Å². The van der Waals surface area contributed by atoms with Crippen molar-refractivity contribution in [3.8, 4) is 0 Å². The highest BCUT2D eigenvalue weighted by Crippen LogP contribution is 2.26. The maximum Gasteiger partial charge on any atom is 0.370 e. The number of rotatable bonds is 69. The highest BCUT2D eigenvalue weighted by atomic mass is 16.6. The van der Waals surface area contributed by atoms with Crippen molar-refractivity contribution in [3.05, 3.63) is 11.8 Å². The summed E-state index contributed by atoms with van der Waals surface area (Å²) in [6.45, 7) is -0.825. The van der Waals surface area contributed by atoms with E-state index in [2.05, 4.69) is 69.1 Å². The number of ketones is 1. The van der Waals surface area contributed by atoms with Gasteiger partial charge in [-0.15, -0.1) is 0 Å². The summed E-state index contributed by atoms with van der Waals surface area (Å²) in [7, 11) is 0. The lowest BCUT2D eigenvalue weighted by atomic mass is 9.91. The Morgan fingerprint density at radius 1 is 0.403 bits per heavy atom. The average molecular weight is 1840 g/mol. The first kappa shape index (κ1) is 113. The van der Waals surface area contributed by atoms with Gasteiger partial charge < -0.3 is 163 Å². The second-order valence-corrected chi connectivity index (χ2v) is 29.8. The second kappa shape index (κ2) is 59.1. The van der Waals surface area contributed by atoms with E-state index in [0.29, 0.717) is 12.8 Å². The highest BCUT2D eigenvalue weighted by Gasteiger charge is 2.46. The maximum absolute atomic E-state index is 14.4. The van der Waals surface area contributed by atoms with Crippen LogP contribution in [0, 0.1) is 5.41 Å². The van der Waals surface area contributed by atoms with Gasteiger partial charge in [0, 0.05) is 90.7 Å². The number of guanidine groups is 1. The van der Waals surface area contributed by atoms with Crippen LogP contribution in [0.5, 0.6) is 0 Å². The molecular formula is C73H121N27O29. The summed E-state index contributed by atoms with van der Waals surface area (Å²) in [5, 5.41) is 68.5. The quantitative estimate of drug-likeness (QED) is 0.0153. The number of carboxylic acids is 1. The molecule has 1 rings (SSSR count). The van der Waals surface area contributed by atoms with Crippen LogP contribution in [0.3, 0.4) is 0 Å². The zero-order valence-corrected chi connectivity index (χ0v) is 70.8. The molecule has 1 heterocycles. The van der Waals surface area contributed by atoms with Crippen LogP contribution in [0.1, 0.15) is 167 Å². The van der Waals surface area contributed by atoms with E-state index in [1.54, 1.807) is 0 Å². The summed E-state index contributed by atoms with van der Waals surface area (Å²) in [5.74, 6) is -27.9. The number of amides is 22. The number of ether oxygens (including phenoxy) is 2. The number of nitrogens with one attached hydrogen (secondary N) is 14. The first-order valence-corrected chi connectivity index (χ1v) is 40.4. The van der Waals surface area contributed by atoms with Gasteiger partial charge in [-0.1, -0.05) is 0 Å². The van der Waals surface area contributed by atoms with E-state index in [0.717, 1.165) is 13.0 Å². The number of primary amides is 11. The molecule has 43 N–H and O–H groups in total. The Morgan fingerprint density at radius 2 is 0.705 bits per heavy atom. The average Bonchev–Trinajstić information content (AvgIpc) is 0.788. The van der Waals surface area contributed by atoms with Gasteiger partial charge in [0.15, 0.2) is 17.8 Å². The number of hydrogen-bond donors (Lipinski definition) is 30. The summed E-state index contributed by atoms with van der Waals surface area (Å²) in [6, 6.07) is -22.2. The van der Waals surface area contributed by atoms with Gasteiger partial charge in [0.25, 0.3) is 0 Å². The fraction of sp³-hybridized carbons (Fsp3) is 0.630. The number of aliphatic hydroxyl groups excluding tert-OH is 2. The van der Waals surface area contributed by atoms with Crippen molar-refractivity contribution in [3.63, 3.8) is 0 Å². The Hall–Kier alpha value is -13.9. The molecule has 0 spiro atoms. The normalized spacial score (nSPS) is 16.3. The van der Waals surface area contributed by atoms with Crippen molar-refractivity contribution >= 4 is 148 Å². The fourth-order valence-corrected chi connectivity index (χ4v) is 12.2. The third-order valence-corrected chi connectivity index (χ3v) is 19.0. The number of carbonyl (C=O) groups is 24. The number of nitrogens with two attached hydrogens (primary N) is 13. The molecule has 0 aromatic rings. The number of unbranched alkanes of at least 4 members (excludes halogenated alkanes) is 2. The molecule has 16 atom stereocenters. The lowest BCUT2D eigenvalue weighted by Crippen LogP contribution is -2.64. The van der Waals surface area contributed by atoms with Crippen LogP contribution >= 0.6 is 0 Å². The Balaban J connectivity index is 3.54. The molecule has 56 heteroatoms. The van der Waals surface area contributed by atoms with Crippen LogP contribution < -0.4 is 144 Å². The summed E-state index contributed by atoms with van der Waals surface area (Å²) in [6.07, 6.45) is -16.0. The van der Waals surface area contributed by atoms with Crippen molar-refractivity contribution in [2.45, 2.75) is 264 Å². The van der Waals surface area contributed by atoms with E-state index in [9.17, 15) is 130 Å². The van der Waals surface area contributed by atoms with Crippen LogP contribution in [-0.2, 0) is 125 Å². The van der Waals surface area contributed by atoms with Crippen molar-refractivity contribution in [2.24, 2.45) is 74.5 Å². The van der Waals surface area contributed by atoms with Gasteiger partial charge in [-0.25, -0.2) is 4.79 Å². The van der Waals surface area contributed by atoms with Crippen LogP contribution in [-0.4, -0.2) is 286 Å². The molecule has 1 aliphatic rings. The smallest absolute Gasteiger partial charge is 0.370 e. The fourth-order valence-electron chi connectivity index (χ4n) is 12.2. The molecule has 0 saturated carbocycles. The molecule has 56 nitrogen and oxygen atoms in total. The van der Waals surface area contributed by atoms with Crippen molar-refractivity contribution < 1.29 is 140 Å². The number of carbonyl (C=O) groups excluding carboxylic acids is 23. The van der Waals surface area contributed by atoms with Gasteiger partial charge in [-0.2, -0.15) is 0 Å². The van der Waals surface area contributed by atoms with Crippen molar-refractivity contribution in [2.75, 3.05) is 26.3 Å². The third kappa shape index (κ3) is 47.3. The Morgan fingerprint density at radius 3 is 1.02 bits per heavy atom. The third-order valence-electron chi connectivity index (χ3n) is 19.0. The van der Waals surface area contributed by atoms with E-state index in [-0.39, 0.29) is 32.4 Å². The minimum absolute atomic E-state index is 0.0611. The maximum atomic E-state index is 14.4. The van der Waals surface area contributed by atoms with Crippen LogP contribution in [0.15, 0.2) is 11.8 Å². The molecule has 0 radical (unpaired) electrons. The van der Waals surface area contributed by atoms with Gasteiger partial charge in [-0.3, -0.25) is 121 Å². The van der Waals surface area contributed by atoms with Crippen molar-refractivity contribution in [1.82, 2.24) is 69.1 Å². The van der Waals surface area contributed by atoms with Gasteiger partial charge in [0.2, 0.25) is 136 Å². The van der Waals surface area contributed by atoms with Gasteiger partial charge in [0.05, 0.1) is 43.4 Å². The lowest BCUT2D eigenvalue weighted by molar-refractivity contribution is -0.154. The zero-order valence-electron chi connectivity index (χ0n) is 70.8. The molecule has 1 aliphatic heterocycles. The van der Waals surface area contributed by atoms with E-state index in [1.165, 1.54) is 0 Å². The van der Waals surface area contributed by atoms with Crippen LogP contribution in [0.25, 0.3) is 0 Å². The number of aliphatic carboxylic acids is 1. The first-order valence-electron chi connectivity index (χ1n) is 40.4. The molecule has 0 aromatic carbocycles. The van der Waals surface area contributed by atoms with E-state index < -0.39 is 392 Å². The summed E-state index contributed by atoms with van der Waals surface area (Å²) >= 11 is 0. The molecule has 0 bridgehead atoms. The standard InChI is InChI=1S/C73H121N27O29/c1-32(102)90-59-44(100-73(86)87)29-47(72(126)127)129-61(59)60(46(104)31-101)128-28-4-2-3-27-88-58(115)26-5-33(74)63(117)93-37(9-19-51(78)108)67(121)95-38(10-20-52(79)109)65(119)91-34(6-16-48(75)105)45(103)30-89-36(8-18-50(77)107)64(118)94-40(12-22-54(81)111)68(122)97-42(14-24-56(83)113)70(124)99-43(15-25-57(84)114)71(125)98-41(13-23-55(82)112)69(123)96-39(11-21-53(80)110)66(120)92-35(62(85)116)7-17-49(76)106/h29,33-44,46,59-61,89,101,104H,2-28,30-31,74H2,1H3,(H2,75,105)(H2,76,106)(H2,77,107)(H2,78,108)(H2,79,109)(H2,80,110)(H2,81,111)(H2,82,112)(H2,83,113)(H2,84,114)(H2,85,116)(H,88,115)(H,90,102)(H,91,119)(H,92,120)(H,93,117)(H,94,118)(H,95,121)(H,96,123)(H,97,122)(H,98,125)(H,99,124)(H,126,127)(H4,86,87,100)/t33?,34-,35-,36-,37-,38-,39-,40-,41-,42-,43-,44-,46+,59+,60+,61+/m0/s1. The van der Waals surface area contributed by atoms with Gasteiger partial charge in [0.1, 0.15) is 60.5 Å². The van der Waals surface area contributed by atoms with Gasteiger partial charge in [-0.05, 0) is 96.0 Å². The summed E-state index contributed by atoms with van der Waals surface area (Å²) < 4.78 is 11.5. The first-order chi connectivity index (χ1) is 60.3. The molecule has 129 heavy (non-hydrogen) atoms. The monoisotopic (exact) mass is 1840 g/mol. The lowest BCUT2D eigenvalue weighted by Gasteiger charge is -2.41. The van der Waals surface area contributed by atoms with E-state index >= 15 is 0 Å². The summed E-state index contributed by atoms with van der Waals surface area (Å²) in [5.41, 5.74) is 70.6.